The van der Waals surface area contributed by atoms with E-state index in [1.165, 1.54) is 6.07 Å². The van der Waals surface area contributed by atoms with Crippen LogP contribution in [-0.4, -0.2) is 15.7 Å². The minimum absolute atomic E-state index is 0.0549. The second-order valence-electron chi connectivity index (χ2n) is 5.63. The zero-order valence-electron chi connectivity index (χ0n) is 13.7. The summed E-state index contributed by atoms with van der Waals surface area (Å²) in [5, 5.41) is 6.71. The van der Waals surface area contributed by atoms with Crippen LogP contribution in [-0.2, 0) is 17.9 Å². The van der Waals surface area contributed by atoms with Gasteiger partial charge in [0, 0.05) is 24.2 Å². The monoisotopic (exact) mass is 355 g/mol. The molecule has 5 nitrogen and oxygen atoms in total. The van der Waals surface area contributed by atoms with Crippen molar-refractivity contribution in [2.45, 2.75) is 13.1 Å². The van der Waals surface area contributed by atoms with Crippen molar-refractivity contribution in [1.82, 2.24) is 15.1 Å². The van der Waals surface area contributed by atoms with Gasteiger partial charge in [0.05, 0.1) is 5.69 Å². The molecule has 26 heavy (non-hydrogen) atoms. The van der Waals surface area contributed by atoms with Crippen molar-refractivity contribution >= 4 is 5.91 Å². The highest BCUT2D eigenvalue weighted by Crippen LogP contribution is 2.14. The lowest BCUT2D eigenvalue weighted by Crippen LogP contribution is -2.33. The van der Waals surface area contributed by atoms with E-state index in [1.807, 2.05) is 30.3 Å². The number of nitrogens with zero attached hydrogens (tertiary/aromatic N) is 2. The zero-order valence-corrected chi connectivity index (χ0v) is 13.7. The average Bonchev–Trinajstić information content (AvgIpc) is 2.62. The van der Waals surface area contributed by atoms with Crippen molar-refractivity contribution in [1.29, 1.82) is 0 Å². The SMILES string of the molecule is O=C(Cn1nc(-c2ccccc2)ccc1=O)NCc1cc(F)cc(F)c1. The van der Waals surface area contributed by atoms with E-state index in [1.54, 1.807) is 6.07 Å². The first-order valence-corrected chi connectivity index (χ1v) is 7.86. The number of halogens is 2. The number of benzene rings is 2. The lowest BCUT2D eigenvalue weighted by atomic mass is 10.1. The van der Waals surface area contributed by atoms with Crippen LogP contribution in [0.1, 0.15) is 5.56 Å². The Morgan fingerprint density at radius 2 is 1.69 bits per heavy atom. The summed E-state index contributed by atoms with van der Waals surface area (Å²) < 4.78 is 27.3. The molecule has 0 unspecified atom stereocenters. The van der Waals surface area contributed by atoms with Crippen LogP contribution >= 0.6 is 0 Å². The minimum Gasteiger partial charge on any atom is -0.350 e. The van der Waals surface area contributed by atoms with Crippen LogP contribution < -0.4 is 10.9 Å². The number of hydrogen-bond acceptors (Lipinski definition) is 3. The highest BCUT2D eigenvalue weighted by molar-refractivity contribution is 5.75. The van der Waals surface area contributed by atoms with E-state index in [2.05, 4.69) is 10.4 Å². The molecule has 132 valence electrons. The Morgan fingerprint density at radius 3 is 2.38 bits per heavy atom. The maximum absolute atomic E-state index is 13.1. The number of hydrogen-bond donors (Lipinski definition) is 1. The van der Waals surface area contributed by atoms with Gasteiger partial charge in [-0.3, -0.25) is 9.59 Å². The number of carbonyl (C=O) groups is 1. The fraction of sp³-hybridized carbons (Fsp3) is 0.105. The van der Waals surface area contributed by atoms with Gasteiger partial charge in [-0.2, -0.15) is 5.10 Å². The lowest BCUT2D eigenvalue weighted by Gasteiger charge is -2.09. The second kappa shape index (κ2) is 7.69. The Bertz CT molecular complexity index is 967. The molecule has 0 bridgehead atoms. The summed E-state index contributed by atoms with van der Waals surface area (Å²) in [6.07, 6.45) is 0. The molecule has 3 aromatic rings. The number of rotatable bonds is 5. The third-order valence-electron chi connectivity index (χ3n) is 3.64. The third kappa shape index (κ3) is 4.38. The first-order chi connectivity index (χ1) is 12.5. The normalized spacial score (nSPS) is 10.5. The number of amides is 1. The van der Waals surface area contributed by atoms with Crippen molar-refractivity contribution in [3.8, 4) is 11.3 Å². The summed E-state index contributed by atoms with van der Waals surface area (Å²) in [6, 6.07) is 15.2. The van der Waals surface area contributed by atoms with Crippen molar-refractivity contribution in [2.75, 3.05) is 0 Å². The van der Waals surface area contributed by atoms with Gasteiger partial charge in [0.15, 0.2) is 0 Å². The van der Waals surface area contributed by atoms with E-state index in [0.29, 0.717) is 5.69 Å². The van der Waals surface area contributed by atoms with Crippen LogP contribution in [0.3, 0.4) is 0 Å². The number of nitrogens with one attached hydrogen (secondary N) is 1. The molecule has 1 amide bonds. The van der Waals surface area contributed by atoms with Crippen molar-refractivity contribution in [2.24, 2.45) is 0 Å². The van der Waals surface area contributed by atoms with Gasteiger partial charge in [-0.25, -0.2) is 13.5 Å². The maximum atomic E-state index is 13.1. The predicted octanol–water partition coefficient (Wildman–Crippen LogP) is 2.50. The Balaban J connectivity index is 1.70. The average molecular weight is 355 g/mol. The van der Waals surface area contributed by atoms with Gasteiger partial charge in [-0.1, -0.05) is 30.3 Å². The van der Waals surface area contributed by atoms with Crippen LogP contribution in [0.25, 0.3) is 11.3 Å². The zero-order chi connectivity index (χ0) is 18.5. The quantitative estimate of drug-likeness (QED) is 0.765. The summed E-state index contributed by atoms with van der Waals surface area (Å²) in [5.74, 6) is -1.93. The Labute approximate surface area is 147 Å². The molecule has 2 aromatic carbocycles. The summed E-state index contributed by atoms with van der Waals surface area (Å²) in [7, 11) is 0. The summed E-state index contributed by atoms with van der Waals surface area (Å²) in [4.78, 5) is 24.0. The predicted molar refractivity (Wildman–Crippen MR) is 92.1 cm³/mol. The molecule has 1 heterocycles. The molecule has 0 aliphatic heterocycles. The molecule has 3 rings (SSSR count). The smallest absolute Gasteiger partial charge is 0.267 e. The Hall–Kier alpha value is -3.35. The number of carbonyl (C=O) groups excluding carboxylic acids is 1. The molecule has 0 radical (unpaired) electrons. The van der Waals surface area contributed by atoms with E-state index < -0.39 is 23.1 Å². The van der Waals surface area contributed by atoms with Crippen LogP contribution in [0.2, 0.25) is 0 Å². The largest absolute Gasteiger partial charge is 0.350 e. The van der Waals surface area contributed by atoms with Gasteiger partial charge in [0.2, 0.25) is 5.91 Å². The molecule has 0 atom stereocenters. The minimum atomic E-state index is -0.720. The fourth-order valence-electron chi connectivity index (χ4n) is 2.43. The maximum Gasteiger partial charge on any atom is 0.267 e. The number of aromatic nitrogens is 2. The molecule has 0 fully saturated rings. The van der Waals surface area contributed by atoms with Crippen LogP contribution in [0, 0.1) is 11.6 Å². The first kappa shape index (κ1) is 17.5. The van der Waals surface area contributed by atoms with E-state index >= 15 is 0 Å². The van der Waals surface area contributed by atoms with E-state index in [0.717, 1.165) is 28.4 Å². The van der Waals surface area contributed by atoms with Crippen molar-refractivity contribution < 1.29 is 13.6 Å². The summed E-state index contributed by atoms with van der Waals surface area (Å²) in [6.45, 7) is -0.349. The summed E-state index contributed by atoms with van der Waals surface area (Å²) >= 11 is 0. The van der Waals surface area contributed by atoms with Gasteiger partial charge in [-0.05, 0) is 23.8 Å². The topological polar surface area (TPSA) is 64.0 Å². The summed E-state index contributed by atoms with van der Waals surface area (Å²) in [5.41, 5.74) is 1.24. The van der Waals surface area contributed by atoms with Gasteiger partial charge >= 0.3 is 0 Å². The van der Waals surface area contributed by atoms with Gasteiger partial charge in [0.25, 0.3) is 5.56 Å². The molecule has 1 N–H and O–H groups in total. The van der Waals surface area contributed by atoms with Crippen molar-refractivity contribution in [3.05, 3.63) is 88.2 Å². The molecule has 0 spiro atoms. The van der Waals surface area contributed by atoms with Gasteiger partial charge in [0.1, 0.15) is 18.2 Å². The van der Waals surface area contributed by atoms with E-state index in [-0.39, 0.29) is 18.7 Å². The molecule has 0 saturated carbocycles. The molecular weight excluding hydrogens is 340 g/mol. The standard InChI is InChI=1S/C19H15F2N3O2/c20-15-8-13(9-16(21)10-15)11-22-18(25)12-24-19(26)7-6-17(23-24)14-4-2-1-3-5-14/h1-10H,11-12H2,(H,22,25). The molecule has 0 aliphatic carbocycles. The van der Waals surface area contributed by atoms with E-state index in [4.69, 9.17) is 0 Å². The molecular formula is C19H15F2N3O2. The molecule has 0 saturated heterocycles. The third-order valence-corrected chi connectivity index (χ3v) is 3.64. The Morgan fingerprint density at radius 1 is 1.00 bits per heavy atom. The molecule has 1 aromatic heterocycles. The lowest BCUT2D eigenvalue weighted by molar-refractivity contribution is -0.122. The highest BCUT2D eigenvalue weighted by Gasteiger charge is 2.09. The fourth-order valence-corrected chi connectivity index (χ4v) is 2.43. The van der Waals surface area contributed by atoms with E-state index in [9.17, 15) is 18.4 Å². The molecule has 0 aliphatic rings. The van der Waals surface area contributed by atoms with Gasteiger partial charge < -0.3 is 5.32 Å². The van der Waals surface area contributed by atoms with Crippen molar-refractivity contribution in [3.63, 3.8) is 0 Å². The Kier molecular flexibility index (Phi) is 5.17. The first-order valence-electron chi connectivity index (χ1n) is 7.86. The van der Waals surface area contributed by atoms with Gasteiger partial charge in [-0.15, -0.1) is 0 Å². The second-order valence-corrected chi connectivity index (χ2v) is 5.63. The van der Waals surface area contributed by atoms with Crippen LogP contribution in [0.15, 0.2) is 65.5 Å². The molecule has 7 heteroatoms. The van der Waals surface area contributed by atoms with Crippen LogP contribution in [0.4, 0.5) is 8.78 Å². The van der Waals surface area contributed by atoms with Crippen LogP contribution in [0.5, 0.6) is 0 Å². The highest BCUT2D eigenvalue weighted by atomic mass is 19.1.